The number of carbonyl (C=O) groups is 2. The minimum atomic E-state index is -0.0926. The number of rotatable bonds is 7. The zero-order valence-corrected chi connectivity index (χ0v) is 13.9. The minimum absolute atomic E-state index is 0. The van der Waals surface area contributed by atoms with E-state index in [0.29, 0.717) is 25.7 Å². The zero-order chi connectivity index (χ0) is 9.40. The van der Waals surface area contributed by atoms with Crippen molar-refractivity contribution in [3.8, 4) is 0 Å². The van der Waals surface area contributed by atoms with Crippen molar-refractivity contribution in [2.45, 2.75) is 25.7 Å². The molecule has 0 saturated heterocycles. The molecule has 2 radical (unpaired) electrons. The van der Waals surface area contributed by atoms with E-state index < -0.39 is 0 Å². The van der Waals surface area contributed by atoms with Crippen LogP contribution in [0.1, 0.15) is 25.7 Å². The van der Waals surface area contributed by atoms with Crippen molar-refractivity contribution in [3.63, 3.8) is 0 Å². The predicted octanol–water partition coefficient (Wildman–Crippen LogP) is 1.66. The average Bonchev–Trinajstić information content (AvgIpc) is 2.11. The van der Waals surface area contributed by atoms with Gasteiger partial charge in [-0.25, -0.2) is 0 Å². The van der Waals surface area contributed by atoms with Gasteiger partial charge in [-0.15, -0.1) is 0 Å². The zero-order valence-electron chi connectivity index (χ0n) is 8.21. The fourth-order valence-electron chi connectivity index (χ4n) is 0.748. The molecule has 0 rings (SSSR count). The van der Waals surface area contributed by atoms with Crippen LogP contribution in [-0.2, 0) is 75.0 Å². The molecule has 0 spiro atoms. The summed E-state index contributed by atoms with van der Waals surface area (Å²) in [7, 11) is 0. The Morgan fingerprint density at radius 1 is 0.857 bits per heavy atom. The molecule has 0 unspecified atom stereocenters. The molecule has 0 aromatic heterocycles. The van der Waals surface area contributed by atoms with Gasteiger partial charge in [0.15, 0.2) is 0 Å². The number of unbranched alkanes of at least 4 members (excludes halogenated alkanes) is 1. The molecule has 0 aliphatic heterocycles. The molecule has 0 atom stereocenters. The second-order valence-electron chi connectivity index (χ2n) is 2.41. The van der Waals surface area contributed by atoms with Gasteiger partial charge in [-0.05, 0) is 37.2 Å². The molecule has 72 valence electrons. The molecule has 0 heterocycles. The van der Waals surface area contributed by atoms with E-state index in [4.69, 9.17) is 0 Å². The Kier molecular flexibility index (Phi) is 20.5. The number of hydrogen-bond donors (Lipinski definition) is 0. The van der Waals surface area contributed by atoms with Crippen molar-refractivity contribution < 1.29 is 75.0 Å². The molecule has 4 heteroatoms. The summed E-state index contributed by atoms with van der Waals surface area (Å²) in [6.07, 6.45) is 6.79. The van der Waals surface area contributed by atoms with Crippen LogP contribution in [0.2, 0.25) is 0 Å². The van der Waals surface area contributed by atoms with E-state index >= 15 is 0 Å². The standard InChI is InChI=1S/C10H12O2.2Y/c1-3-9(11)7-5-6-8-10(12)4-2;;/h1-2,5-8H2;;/q-2;;. The molecular weight excluding hydrogens is 330 g/mol. The van der Waals surface area contributed by atoms with E-state index in [2.05, 4.69) is 25.3 Å². The maximum absolute atomic E-state index is 10.6. The van der Waals surface area contributed by atoms with Crippen molar-refractivity contribution in [1.82, 2.24) is 0 Å². The summed E-state index contributed by atoms with van der Waals surface area (Å²) in [4.78, 5) is 21.3. The number of hydrogen-bond acceptors (Lipinski definition) is 2. The third-order valence-corrected chi connectivity index (χ3v) is 1.45. The second kappa shape index (κ2) is 14.0. The van der Waals surface area contributed by atoms with E-state index in [0.717, 1.165) is 0 Å². The summed E-state index contributed by atoms with van der Waals surface area (Å²) < 4.78 is 0. The van der Waals surface area contributed by atoms with Crippen molar-refractivity contribution in [1.29, 1.82) is 0 Å². The van der Waals surface area contributed by atoms with Crippen LogP contribution in [0.15, 0.2) is 13.2 Å². The first-order valence-corrected chi connectivity index (χ1v) is 3.82. The molecule has 0 aliphatic rings. The van der Waals surface area contributed by atoms with E-state index in [1.54, 1.807) is 0 Å². The largest absolute Gasteiger partial charge is 0.435 e. The first-order valence-electron chi connectivity index (χ1n) is 3.82. The maximum atomic E-state index is 10.6. The summed E-state index contributed by atoms with van der Waals surface area (Å²) in [5.41, 5.74) is 0. The average molecular weight is 342 g/mol. The van der Waals surface area contributed by atoms with Crippen molar-refractivity contribution in [3.05, 3.63) is 25.3 Å². The van der Waals surface area contributed by atoms with Gasteiger partial charge in [0.2, 0.25) is 0 Å². The molecule has 0 fully saturated rings. The van der Waals surface area contributed by atoms with Crippen LogP contribution >= 0.6 is 0 Å². The molecule has 0 aromatic rings. The van der Waals surface area contributed by atoms with Gasteiger partial charge in [-0.2, -0.15) is 0 Å². The van der Waals surface area contributed by atoms with Gasteiger partial charge < -0.3 is 21.7 Å². The van der Waals surface area contributed by atoms with Crippen molar-refractivity contribution in [2.24, 2.45) is 0 Å². The number of ketones is 2. The Labute approximate surface area is 136 Å². The molecule has 0 aromatic carbocycles. The van der Waals surface area contributed by atoms with Crippen LogP contribution in [0.4, 0.5) is 0 Å². The van der Waals surface area contributed by atoms with Gasteiger partial charge >= 0.3 is 0 Å². The Morgan fingerprint density at radius 3 is 1.36 bits per heavy atom. The third kappa shape index (κ3) is 13.0. The van der Waals surface area contributed by atoms with E-state index in [9.17, 15) is 9.59 Å². The van der Waals surface area contributed by atoms with Crippen LogP contribution in [0.25, 0.3) is 0 Å². The first kappa shape index (κ1) is 20.4. The SMILES string of the molecule is C=[C-]C(=O)CCCCC(=O)[C-]=C.[Y].[Y]. The molecule has 14 heavy (non-hydrogen) atoms. The van der Waals surface area contributed by atoms with Gasteiger partial charge in [-0.3, -0.25) is 13.2 Å². The summed E-state index contributed by atoms with van der Waals surface area (Å²) in [5.74, 6) is -0.185. The van der Waals surface area contributed by atoms with Crippen molar-refractivity contribution >= 4 is 11.6 Å². The monoisotopic (exact) mass is 342 g/mol. The molecule has 0 amide bonds. The summed E-state index contributed by atoms with van der Waals surface area (Å²) in [6.45, 7) is 6.45. The van der Waals surface area contributed by atoms with E-state index in [1.807, 2.05) is 0 Å². The normalized spacial score (nSPS) is 7.71. The quantitative estimate of drug-likeness (QED) is 0.401. The number of Topliss-reactive ketones (excluding diaryl/α,β-unsaturated/α-hetero) is 2. The van der Waals surface area contributed by atoms with E-state index in [1.165, 1.54) is 0 Å². The molecule has 0 bridgehead atoms. The van der Waals surface area contributed by atoms with Crippen LogP contribution in [0.5, 0.6) is 0 Å². The van der Waals surface area contributed by atoms with Gasteiger partial charge in [0, 0.05) is 65.4 Å². The van der Waals surface area contributed by atoms with Gasteiger partial charge in [0.1, 0.15) is 0 Å². The summed E-state index contributed by atoms with van der Waals surface area (Å²) in [6, 6.07) is 0. The number of carbonyl (C=O) groups excluding carboxylic acids is 2. The molecule has 0 N–H and O–H groups in total. The Bertz CT molecular complexity index is 178. The van der Waals surface area contributed by atoms with Crippen LogP contribution in [-0.4, -0.2) is 11.6 Å². The van der Waals surface area contributed by atoms with Gasteiger partial charge in [-0.1, -0.05) is 0 Å². The topological polar surface area (TPSA) is 34.1 Å². The fourth-order valence-corrected chi connectivity index (χ4v) is 0.748. The summed E-state index contributed by atoms with van der Waals surface area (Å²) >= 11 is 0. The van der Waals surface area contributed by atoms with Crippen LogP contribution in [0.3, 0.4) is 0 Å². The van der Waals surface area contributed by atoms with E-state index in [-0.39, 0.29) is 77.0 Å². The Hall–Kier alpha value is 1.03. The maximum Gasteiger partial charge on any atom is 0 e. The van der Waals surface area contributed by atoms with Crippen molar-refractivity contribution in [2.75, 3.05) is 0 Å². The second-order valence-corrected chi connectivity index (χ2v) is 2.41. The first-order chi connectivity index (χ1) is 5.70. The van der Waals surface area contributed by atoms with Crippen LogP contribution in [0, 0.1) is 12.2 Å². The molecule has 0 aliphatic carbocycles. The Morgan fingerprint density at radius 2 is 1.14 bits per heavy atom. The predicted molar refractivity (Wildman–Crippen MR) is 46.2 cm³/mol. The molecule has 0 saturated carbocycles. The third-order valence-electron chi connectivity index (χ3n) is 1.45. The van der Waals surface area contributed by atoms with Gasteiger partial charge in [0.05, 0.1) is 0 Å². The minimum Gasteiger partial charge on any atom is -0.435 e. The summed E-state index contributed by atoms with van der Waals surface area (Å²) in [5, 5.41) is 0. The van der Waals surface area contributed by atoms with Gasteiger partial charge in [0.25, 0.3) is 0 Å². The Balaban J connectivity index is -0.000000605. The molecule has 2 nitrogen and oxygen atoms in total. The van der Waals surface area contributed by atoms with Crippen LogP contribution < -0.4 is 0 Å². The molecular formula is C10H12O2Y2-2. The smallest absolute Gasteiger partial charge is 0 e. The number of allylic oxidation sites excluding steroid dienone is 2. The fraction of sp³-hybridized carbons (Fsp3) is 0.400.